The third kappa shape index (κ3) is 5.06. The molecule has 0 spiro atoms. The predicted octanol–water partition coefficient (Wildman–Crippen LogP) is 4.60. The van der Waals surface area contributed by atoms with Crippen molar-refractivity contribution >= 4 is 15.4 Å². The van der Waals surface area contributed by atoms with Crippen LogP contribution in [0.3, 0.4) is 0 Å². The lowest BCUT2D eigenvalue weighted by atomic mass is 10.1. The lowest BCUT2D eigenvalue weighted by Gasteiger charge is -2.10. The van der Waals surface area contributed by atoms with Crippen LogP contribution in [0.1, 0.15) is 43.0 Å². The summed E-state index contributed by atoms with van der Waals surface area (Å²) in [6.45, 7) is 0. The fourth-order valence-corrected chi connectivity index (χ4v) is 5.02. The van der Waals surface area contributed by atoms with E-state index in [1.54, 1.807) is 30.5 Å². The summed E-state index contributed by atoms with van der Waals surface area (Å²) in [5.41, 5.74) is 1.32. The molecule has 1 saturated carbocycles. The van der Waals surface area contributed by atoms with Crippen LogP contribution < -0.4 is 0 Å². The van der Waals surface area contributed by atoms with Crippen molar-refractivity contribution in [2.75, 3.05) is 12.0 Å². The fraction of sp³-hybridized carbons (Fsp3) is 0.529. The number of hydrogen-bond acceptors (Lipinski definition) is 5. The number of benzene rings is 1. The van der Waals surface area contributed by atoms with Gasteiger partial charge in [-0.05, 0) is 36.5 Å². The van der Waals surface area contributed by atoms with Crippen molar-refractivity contribution in [2.45, 2.75) is 38.3 Å². The maximum Gasteiger partial charge on any atom is 0.471 e. The molecule has 9 heteroatoms. The van der Waals surface area contributed by atoms with Gasteiger partial charge in [-0.1, -0.05) is 30.1 Å². The van der Waals surface area contributed by atoms with Gasteiger partial charge in [-0.3, -0.25) is 0 Å². The number of halogens is 3. The summed E-state index contributed by atoms with van der Waals surface area (Å²) in [5.74, 6) is -0.298. The van der Waals surface area contributed by atoms with Crippen LogP contribution in [0.2, 0.25) is 0 Å². The molecule has 1 atom stereocenters. The lowest BCUT2D eigenvalue weighted by molar-refractivity contribution is -0.159. The summed E-state index contributed by atoms with van der Waals surface area (Å²) in [4.78, 5) is 3.34. The lowest BCUT2D eigenvalue weighted by Crippen LogP contribution is -2.11. The van der Waals surface area contributed by atoms with Gasteiger partial charge in [-0.2, -0.15) is 22.5 Å². The zero-order valence-corrected chi connectivity index (χ0v) is 15.1. The van der Waals surface area contributed by atoms with E-state index in [0.29, 0.717) is 17.4 Å². The topological polar surface area (TPSA) is 68.3 Å². The Morgan fingerprint density at radius 1 is 1.23 bits per heavy atom. The minimum Gasteiger partial charge on any atom is -0.329 e. The van der Waals surface area contributed by atoms with Crippen molar-refractivity contribution in [1.82, 2.24) is 10.1 Å². The fourth-order valence-electron chi connectivity index (χ4n) is 3.17. The zero-order valence-electron chi connectivity index (χ0n) is 14.3. The highest BCUT2D eigenvalue weighted by molar-refractivity contribution is 7.93. The van der Waals surface area contributed by atoms with Crippen molar-refractivity contribution in [2.24, 2.45) is 10.3 Å². The Labute approximate surface area is 150 Å². The Morgan fingerprint density at radius 3 is 2.46 bits per heavy atom. The molecule has 0 N–H and O–H groups in total. The van der Waals surface area contributed by atoms with E-state index in [9.17, 15) is 17.4 Å². The highest BCUT2D eigenvalue weighted by atomic mass is 32.2. The molecule has 1 aromatic carbocycles. The van der Waals surface area contributed by atoms with Crippen LogP contribution in [-0.2, 0) is 22.3 Å². The first-order valence-electron chi connectivity index (χ1n) is 8.40. The van der Waals surface area contributed by atoms with E-state index in [2.05, 4.69) is 19.0 Å². The average molecular weight is 387 g/mol. The molecule has 0 amide bonds. The smallest absolute Gasteiger partial charge is 0.329 e. The van der Waals surface area contributed by atoms with Gasteiger partial charge in [0.2, 0.25) is 0 Å². The Balaban J connectivity index is 1.67. The average Bonchev–Trinajstić information content (AvgIpc) is 3.20. The number of rotatable bonds is 5. The quantitative estimate of drug-likeness (QED) is 0.752. The van der Waals surface area contributed by atoms with E-state index in [4.69, 9.17) is 0 Å². The molecule has 1 fully saturated rings. The first-order chi connectivity index (χ1) is 12.2. The minimum atomic E-state index is -4.64. The van der Waals surface area contributed by atoms with E-state index in [1.165, 1.54) is 12.8 Å². The van der Waals surface area contributed by atoms with Crippen molar-refractivity contribution in [3.8, 4) is 0 Å². The summed E-state index contributed by atoms with van der Waals surface area (Å²) >= 11 is 0. The molecule has 0 saturated heterocycles. The first-order valence-corrected chi connectivity index (χ1v) is 10.5. The Hall–Kier alpha value is -1.90. The van der Waals surface area contributed by atoms with Gasteiger partial charge in [0, 0.05) is 28.2 Å². The molecule has 5 nitrogen and oxygen atoms in total. The van der Waals surface area contributed by atoms with Gasteiger partial charge in [-0.25, -0.2) is 4.21 Å². The monoisotopic (exact) mass is 387 g/mol. The van der Waals surface area contributed by atoms with Gasteiger partial charge in [0.25, 0.3) is 0 Å². The second kappa shape index (κ2) is 7.38. The molecule has 0 radical (unpaired) electrons. The minimum absolute atomic E-state index is 0.0393. The second-order valence-corrected chi connectivity index (χ2v) is 9.16. The van der Waals surface area contributed by atoms with Gasteiger partial charge in [0.1, 0.15) is 0 Å². The SMILES string of the molecule is CS(=O)(CC1CCCC1)=Nc1ccc(Cc2noc(C(F)(F)F)n2)cc1. The maximum atomic E-state index is 12.7. The van der Waals surface area contributed by atoms with Crippen molar-refractivity contribution in [1.29, 1.82) is 0 Å². The van der Waals surface area contributed by atoms with Crippen LogP contribution in [0.15, 0.2) is 33.2 Å². The molecule has 26 heavy (non-hydrogen) atoms. The van der Waals surface area contributed by atoms with Crippen LogP contribution in [0.25, 0.3) is 0 Å². The summed E-state index contributed by atoms with van der Waals surface area (Å²) in [6, 6.07) is 6.84. The molecule has 142 valence electrons. The number of alkyl halides is 3. The highest BCUT2D eigenvalue weighted by Gasteiger charge is 2.38. The molecule has 1 aliphatic rings. The van der Waals surface area contributed by atoms with E-state index >= 15 is 0 Å². The number of hydrogen-bond donors (Lipinski definition) is 0. The van der Waals surface area contributed by atoms with Crippen LogP contribution in [0.4, 0.5) is 18.9 Å². The molecule has 3 rings (SSSR count). The van der Waals surface area contributed by atoms with Crippen molar-refractivity contribution < 1.29 is 21.9 Å². The molecule has 1 heterocycles. The Bertz CT molecular complexity index is 862. The van der Waals surface area contributed by atoms with Crippen LogP contribution in [-0.4, -0.2) is 26.4 Å². The first kappa shape index (κ1) is 18.9. The molecule has 0 aliphatic heterocycles. The summed E-state index contributed by atoms with van der Waals surface area (Å²) in [6.07, 6.45) is 1.77. The molecule has 1 aliphatic carbocycles. The van der Waals surface area contributed by atoms with Crippen LogP contribution in [0, 0.1) is 5.92 Å². The van der Waals surface area contributed by atoms with Gasteiger partial charge in [0.05, 0.1) is 5.69 Å². The summed E-state index contributed by atoms with van der Waals surface area (Å²) in [7, 11) is -2.29. The standard InChI is InChI=1S/C17H20F3N3O2S/c1-26(24,11-13-4-2-3-5-13)23-14-8-6-12(7-9-14)10-15-21-16(25-22-15)17(18,19)20/h6-9,13H,2-5,10-11H2,1H3. The summed E-state index contributed by atoms with van der Waals surface area (Å²) in [5, 5.41) is 3.34. The largest absolute Gasteiger partial charge is 0.471 e. The Morgan fingerprint density at radius 2 is 1.88 bits per heavy atom. The second-order valence-electron chi connectivity index (χ2n) is 6.72. The number of nitrogens with zero attached hydrogens (tertiary/aromatic N) is 3. The molecule has 1 unspecified atom stereocenters. The molecule has 0 bridgehead atoms. The van der Waals surface area contributed by atoms with Gasteiger partial charge < -0.3 is 4.52 Å². The third-order valence-corrected chi connectivity index (χ3v) is 6.01. The van der Waals surface area contributed by atoms with E-state index in [1.807, 2.05) is 0 Å². The van der Waals surface area contributed by atoms with Gasteiger partial charge >= 0.3 is 12.1 Å². The van der Waals surface area contributed by atoms with Crippen LogP contribution in [0.5, 0.6) is 0 Å². The highest BCUT2D eigenvalue weighted by Crippen LogP contribution is 2.28. The third-order valence-electron chi connectivity index (χ3n) is 4.33. The van der Waals surface area contributed by atoms with Crippen molar-refractivity contribution in [3.05, 3.63) is 41.5 Å². The zero-order chi connectivity index (χ0) is 18.8. The van der Waals surface area contributed by atoms with Gasteiger partial charge in [0.15, 0.2) is 5.82 Å². The van der Waals surface area contributed by atoms with E-state index in [0.717, 1.165) is 18.4 Å². The van der Waals surface area contributed by atoms with E-state index < -0.39 is 21.8 Å². The van der Waals surface area contributed by atoms with Gasteiger partial charge in [-0.15, -0.1) is 0 Å². The van der Waals surface area contributed by atoms with Crippen molar-refractivity contribution in [3.63, 3.8) is 0 Å². The van der Waals surface area contributed by atoms with E-state index in [-0.39, 0.29) is 12.2 Å². The molecule has 2 aromatic rings. The molecular weight excluding hydrogens is 367 g/mol. The molecular formula is C17H20F3N3O2S. The Kier molecular flexibility index (Phi) is 5.36. The molecule has 1 aromatic heterocycles. The summed E-state index contributed by atoms with van der Waals surface area (Å²) < 4.78 is 58.6. The maximum absolute atomic E-state index is 12.7. The predicted molar refractivity (Wildman–Crippen MR) is 91.5 cm³/mol. The number of aromatic nitrogens is 2. The normalized spacial score (nSPS) is 18.0. The van der Waals surface area contributed by atoms with Crippen LogP contribution >= 0.6 is 0 Å².